The lowest BCUT2D eigenvalue weighted by atomic mass is 10.0. The molecule has 1 saturated heterocycles. The van der Waals surface area contributed by atoms with Gasteiger partial charge in [0.1, 0.15) is 17.9 Å². The van der Waals surface area contributed by atoms with Gasteiger partial charge in [0, 0.05) is 6.54 Å². The summed E-state index contributed by atoms with van der Waals surface area (Å²) in [5, 5.41) is 5.03. The van der Waals surface area contributed by atoms with Crippen LogP contribution in [0.2, 0.25) is 0 Å². The molecule has 0 aliphatic carbocycles. The molecule has 8 heteroatoms. The highest BCUT2D eigenvalue weighted by atomic mass is 35.5. The van der Waals surface area contributed by atoms with Crippen molar-refractivity contribution in [3.8, 4) is 0 Å². The molecule has 1 aromatic heterocycles. The van der Waals surface area contributed by atoms with E-state index in [2.05, 4.69) is 14.7 Å². The standard InChI is InChI=1S/C15H17ClN4O2S/c16-15(21)20(22-9-11-4-2-1-3-5-11)12-6-7-13(17-8-12)14-18-10-19-23-14/h1-5,10,12-13,17H,6-9H2. The lowest BCUT2D eigenvalue weighted by Gasteiger charge is -2.34. The van der Waals surface area contributed by atoms with Crippen molar-refractivity contribution < 1.29 is 9.63 Å². The van der Waals surface area contributed by atoms with Crippen LogP contribution in [0.5, 0.6) is 0 Å². The van der Waals surface area contributed by atoms with E-state index in [1.807, 2.05) is 30.3 Å². The topological polar surface area (TPSA) is 67.4 Å². The van der Waals surface area contributed by atoms with Crippen LogP contribution in [0, 0.1) is 0 Å². The summed E-state index contributed by atoms with van der Waals surface area (Å²) < 4.78 is 4.02. The quantitative estimate of drug-likeness (QED) is 0.508. The van der Waals surface area contributed by atoms with Crippen molar-refractivity contribution in [1.29, 1.82) is 0 Å². The number of halogens is 1. The van der Waals surface area contributed by atoms with E-state index < -0.39 is 5.37 Å². The molecule has 23 heavy (non-hydrogen) atoms. The van der Waals surface area contributed by atoms with Crippen LogP contribution in [0.1, 0.15) is 29.5 Å². The van der Waals surface area contributed by atoms with Gasteiger partial charge in [-0.1, -0.05) is 30.3 Å². The summed E-state index contributed by atoms with van der Waals surface area (Å²) in [5.74, 6) is 0. The van der Waals surface area contributed by atoms with Crippen molar-refractivity contribution in [1.82, 2.24) is 19.7 Å². The Morgan fingerprint density at radius 3 is 2.83 bits per heavy atom. The van der Waals surface area contributed by atoms with Crippen LogP contribution in [0.3, 0.4) is 0 Å². The number of hydrogen-bond acceptors (Lipinski definition) is 6. The van der Waals surface area contributed by atoms with Gasteiger partial charge in [0.2, 0.25) is 0 Å². The lowest BCUT2D eigenvalue weighted by molar-refractivity contribution is -0.152. The number of hydrogen-bond donors (Lipinski definition) is 1. The lowest BCUT2D eigenvalue weighted by Crippen LogP contribution is -2.47. The second kappa shape index (κ2) is 7.83. The molecule has 1 aromatic carbocycles. The minimum absolute atomic E-state index is 0.0899. The third-order valence-corrected chi connectivity index (χ3v) is 4.73. The molecule has 2 unspecified atom stereocenters. The van der Waals surface area contributed by atoms with Gasteiger partial charge in [0.25, 0.3) is 0 Å². The Hall–Kier alpha value is -1.54. The first-order valence-electron chi connectivity index (χ1n) is 7.39. The van der Waals surface area contributed by atoms with E-state index in [-0.39, 0.29) is 12.1 Å². The van der Waals surface area contributed by atoms with Gasteiger partial charge in [-0.05, 0) is 41.5 Å². The second-order valence-electron chi connectivity index (χ2n) is 5.31. The van der Waals surface area contributed by atoms with Gasteiger partial charge in [-0.2, -0.15) is 4.37 Å². The number of piperidine rings is 1. The molecule has 1 fully saturated rings. The average molecular weight is 353 g/mol. The summed E-state index contributed by atoms with van der Waals surface area (Å²) in [6.45, 7) is 0.924. The fourth-order valence-electron chi connectivity index (χ4n) is 2.61. The molecule has 0 bridgehead atoms. The molecular weight excluding hydrogens is 336 g/mol. The molecular formula is C15H17ClN4O2S. The van der Waals surface area contributed by atoms with Gasteiger partial charge < -0.3 is 5.32 Å². The van der Waals surface area contributed by atoms with E-state index in [0.29, 0.717) is 13.2 Å². The van der Waals surface area contributed by atoms with Crippen LogP contribution in [-0.4, -0.2) is 32.4 Å². The summed E-state index contributed by atoms with van der Waals surface area (Å²) in [5.41, 5.74) is 0.992. The maximum atomic E-state index is 11.7. The molecule has 2 aromatic rings. The van der Waals surface area contributed by atoms with E-state index in [0.717, 1.165) is 23.4 Å². The number of aromatic nitrogens is 2. The van der Waals surface area contributed by atoms with Crippen LogP contribution in [0.15, 0.2) is 36.7 Å². The summed E-state index contributed by atoms with van der Waals surface area (Å²) in [6.07, 6.45) is 3.21. The van der Waals surface area contributed by atoms with Gasteiger partial charge >= 0.3 is 5.37 Å². The number of rotatable bonds is 5. The molecule has 0 saturated carbocycles. The Morgan fingerprint density at radius 1 is 1.39 bits per heavy atom. The molecule has 6 nitrogen and oxygen atoms in total. The zero-order chi connectivity index (χ0) is 16.1. The number of amides is 1. The van der Waals surface area contributed by atoms with E-state index in [1.165, 1.54) is 16.6 Å². The molecule has 2 heterocycles. The highest BCUT2D eigenvalue weighted by Gasteiger charge is 2.30. The summed E-state index contributed by atoms with van der Waals surface area (Å²) >= 11 is 7.08. The van der Waals surface area contributed by atoms with Crippen molar-refractivity contribution in [3.05, 3.63) is 47.2 Å². The minimum atomic E-state index is -0.595. The zero-order valence-electron chi connectivity index (χ0n) is 12.4. The fourth-order valence-corrected chi connectivity index (χ4v) is 3.42. The number of nitrogens with one attached hydrogen (secondary N) is 1. The number of nitrogens with zero attached hydrogens (tertiary/aromatic N) is 3. The van der Waals surface area contributed by atoms with Gasteiger partial charge in [-0.3, -0.25) is 9.63 Å². The smallest absolute Gasteiger partial charge is 0.306 e. The molecule has 1 amide bonds. The Bertz CT molecular complexity index is 618. The Morgan fingerprint density at radius 2 is 2.22 bits per heavy atom. The zero-order valence-corrected chi connectivity index (χ0v) is 14.0. The SMILES string of the molecule is O=C(Cl)N(OCc1ccccc1)C1CCC(c2ncns2)NC1. The number of hydroxylamine groups is 2. The maximum Gasteiger partial charge on any atom is 0.340 e. The number of benzene rings is 1. The predicted octanol–water partition coefficient (Wildman–Crippen LogP) is 3.12. The number of carbonyl (C=O) groups excluding carboxylic acids is 1. The van der Waals surface area contributed by atoms with Gasteiger partial charge in [0.05, 0.1) is 12.1 Å². The van der Waals surface area contributed by atoms with Crippen LogP contribution in [0.4, 0.5) is 4.79 Å². The van der Waals surface area contributed by atoms with Crippen molar-refractivity contribution in [2.75, 3.05) is 6.54 Å². The Balaban J connectivity index is 1.56. The van der Waals surface area contributed by atoms with Crippen molar-refractivity contribution >= 4 is 28.5 Å². The molecule has 1 N–H and O–H groups in total. The summed E-state index contributed by atoms with van der Waals surface area (Å²) in [4.78, 5) is 21.6. The first kappa shape index (κ1) is 16.3. The highest BCUT2D eigenvalue weighted by Crippen LogP contribution is 2.26. The van der Waals surface area contributed by atoms with Gasteiger partial charge in [0.15, 0.2) is 0 Å². The highest BCUT2D eigenvalue weighted by molar-refractivity contribution is 7.05. The molecule has 1 aliphatic heterocycles. The van der Waals surface area contributed by atoms with E-state index >= 15 is 0 Å². The van der Waals surface area contributed by atoms with E-state index in [9.17, 15) is 4.79 Å². The average Bonchev–Trinajstić information content (AvgIpc) is 3.11. The van der Waals surface area contributed by atoms with Crippen LogP contribution in [0.25, 0.3) is 0 Å². The van der Waals surface area contributed by atoms with Crippen molar-refractivity contribution in [3.63, 3.8) is 0 Å². The maximum absolute atomic E-state index is 11.7. The summed E-state index contributed by atoms with van der Waals surface area (Å²) in [7, 11) is 0. The Labute approximate surface area is 143 Å². The number of carbonyl (C=O) groups is 1. The largest absolute Gasteiger partial charge is 0.340 e. The fraction of sp³-hybridized carbons (Fsp3) is 0.400. The van der Waals surface area contributed by atoms with E-state index in [4.69, 9.17) is 16.4 Å². The molecule has 2 atom stereocenters. The first-order valence-corrected chi connectivity index (χ1v) is 8.54. The predicted molar refractivity (Wildman–Crippen MR) is 88.0 cm³/mol. The van der Waals surface area contributed by atoms with Gasteiger partial charge in [-0.25, -0.2) is 10.0 Å². The first-order chi connectivity index (χ1) is 11.2. The molecule has 0 radical (unpaired) electrons. The molecule has 122 valence electrons. The van der Waals surface area contributed by atoms with Crippen molar-refractivity contribution in [2.24, 2.45) is 0 Å². The van der Waals surface area contributed by atoms with Crippen LogP contribution in [-0.2, 0) is 11.4 Å². The molecule has 0 spiro atoms. The summed E-state index contributed by atoms with van der Waals surface area (Å²) in [6, 6.07) is 9.78. The normalized spacial score (nSPS) is 21.1. The van der Waals surface area contributed by atoms with Crippen LogP contribution >= 0.6 is 23.1 Å². The van der Waals surface area contributed by atoms with E-state index in [1.54, 1.807) is 6.33 Å². The molecule has 1 aliphatic rings. The minimum Gasteiger partial charge on any atom is -0.306 e. The monoisotopic (exact) mass is 352 g/mol. The van der Waals surface area contributed by atoms with Crippen LogP contribution < -0.4 is 5.32 Å². The molecule has 3 rings (SSSR count). The third-order valence-electron chi connectivity index (χ3n) is 3.78. The second-order valence-corrected chi connectivity index (χ2v) is 6.44. The Kier molecular flexibility index (Phi) is 5.56. The van der Waals surface area contributed by atoms with Crippen molar-refractivity contribution in [2.45, 2.75) is 31.5 Å². The third kappa shape index (κ3) is 4.26. The van der Waals surface area contributed by atoms with Gasteiger partial charge in [-0.15, -0.1) is 0 Å².